The van der Waals surface area contributed by atoms with E-state index in [9.17, 15) is 14.4 Å². The smallest absolute Gasteiger partial charge is 0.354 e. The first-order valence-electron chi connectivity index (χ1n) is 8.99. The molecule has 2 aromatic rings. The van der Waals surface area contributed by atoms with E-state index in [0.717, 1.165) is 10.5 Å². The van der Waals surface area contributed by atoms with Crippen LogP contribution in [0.1, 0.15) is 28.8 Å². The molecule has 2 aliphatic rings. The molecular weight excluding hydrogens is 376 g/mol. The van der Waals surface area contributed by atoms with Crippen LogP contribution in [0.25, 0.3) is 0 Å². The normalized spacial score (nSPS) is 20.8. The molecule has 0 aromatic heterocycles. The van der Waals surface area contributed by atoms with Gasteiger partial charge in [-0.1, -0.05) is 24.3 Å². The van der Waals surface area contributed by atoms with Gasteiger partial charge in [-0.05, 0) is 36.1 Å². The van der Waals surface area contributed by atoms with Crippen LogP contribution in [0.4, 0.5) is 5.69 Å². The molecule has 6 nitrogen and oxygen atoms in total. The topological polar surface area (TPSA) is 66.9 Å². The Balaban J connectivity index is 1.65. The van der Waals surface area contributed by atoms with Gasteiger partial charge in [-0.15, -0.1) is 11.8 Å². The van der Waals surface area contributed by atoms with E-state index in [1.54, 1.807) is 43.1 Å². The minimum absolute atomic E-state index is 0.0843. The van der Waals surface area contributed by atoms with Crippen LogP contribution in [0.5, 0.6) is 0 Å². The molecule has 1 unspecified atom stereocenters. The first-order chi connectivity index (χ1) is 13.5. The Labute approximate surface area is 167 Å². The molecule has 0 N–H and O–H groups in total. The molecule has 1 atom stereocenters. The molecular formula is C21H20N2O4S. The van der Waals surface area contributed by atoms with Gasteiger partial charge < -0.3 is 9.64 Å². The van der Waals surface area contributed by atoms with Gasteiger partial charge >= 0.3 is 5.97 Å². The van der Waals surface area contributed by atoms with Crippen molar-refractivity contribution in [1.29, 1.82) is 0 Å². The Morgan fingerprint density at radius 1 is 1.14 bits per heavy atom. The number of hydrogen-bond donors (Lipinski definition) is 0. The molecule has 2 aromatic carbocycles. The van der Waals surface area contributed by atoms with Gasteiger partial charge in [0, 0.05) is 24.8 Å². The minimum Gasteiger partial charge on any atom is -0.458 e. The summed E-state index contributed by atoms with van der Waals surface area (Å²) in [5, 5.41) is 0. The predicted molar refractivity (Wildman–Crippen MR) is 106 cm³/mol. The van der Waals surface area contributed by atoms with Crippen LogP contribution >= 0.6 is 11.8 Å². The van der Waals surface area contributed by atoms with Crippen molar-refractivity contribution in [2.45, 2.75) is 30.0 Å². The number of benzene rings is 2. The van der Waals surface area contributed by atoms with E-state index in [0.29, 0.717) is 11.3 Å². The molecule has 2 amide bonds. The second-order valence-corrected chi connectivity index (χ2v) is 7.73. The number of anilines is 1. The van der Waals surface area contributed by atoms with Gasteiger partial charge in [0.1, 0.15) is 6.61 Å². The number of carbonyl (C=O) groups excluding carboxylic acids is 3. The third-order valence-corrected chi connectivity index (χ3v) is 6.14. The molecule has 4 rings (SSSR count). The van der Waals surface area contributed by atoms with Gasteiger partial charge in [-0.25, -0.2) is 4.79 Å². The highest BCUT2D eigenvalue weighted by Gasteiger charge is 2.60. The first kappa shape index (κ1) is 18.6. The fourth-order valence-electron chi connectivity index (χ4n) is 3.88. The van der Waals surface area contributed by atoms with Crippen molar-refractivity contribution >= 4 is 35.2 Å². The lowest BCUT2D eigenvalue weighted by molar-refractivity contribution is -0.157. The molecule has 28 heavy (non-hydrogen) atoms. The maximum absolute atomic E-state index is 13.2. The summed E-state index contributed by atoms with van der Waals surface area (Å²) in [5.74, 6) is -1.06. The number of fused-ring (bicyclic) bond motifs is 3. The van der Waals surface area contributed by atoms with Crippen molar-refractivity contribution < 1.29 is 19.1 Å². The molecule has 7 heteroatoms. The van der Waals surface area contributed by atoms with Gasteiger partial charge in [-0.3, -0.25) is 14.5 Å². The highest BCUT2D eigenvalue weighted by molar-refractivity contribution is 7.98. The zero-order valence-corrected chi connectivity index (χ0v) is 16.5. The fourth-order valence-corrected chi connectivity index (χ4v) is 4.29. The lowest BCUT2D eigenvalue weighted by Crippen LogP contribution is -2.67. The molecule has 0 spiro atoms. The number of nitrogens with zero attached hydrogens (tertiary/aromatic N) is 2. The average molecular weight is 396 g/mol. The number of ether oxygens (including phenoxy) is 1. The molecule has 2 heterocycles. The maximum Gasteiger partial charge on any atom is 0.354 e. The van der Waals surface area contributed by atoms with Crippen LogP contribution in [-0.2, 0) is 20.9 Å². The van der Waals surface area contributed by atoms with Crippen molar-refractivity contribution in [3.05, 3.63) is 59.7 Å². The highest BCUT2D eigenvalue weighted by atomic mass is 32.2. The van der Waals surface area contributed by atoms with E-state index in [1.165, 1.54) is 9.80 Å². The van der Waals surface area contributed by atoms with Crippen LogP contribution in [-0.4, -0.2) is 41.6 Å². The number of thioether (sulfide) groups is 1. The molecule has 2 aliphatic heterocycles. The molecule has 0 aliphatic carbocycles. The summed E-state index contributed by atoms with van der Waals surface area (Å²) in [6, 6.07) is 14.6. The summed E-state index contributed by atoms with van der Waals surface area (Å²) in [4.78, 5) is 42.6. The minimum atomic E-state index is -1.43. The second-order valence-electron chi connectivity index (χ2n) is 6.85. The summed E-state index contributed by atoms with van der Waals surface area (Å²) in [7, 11) is 1.55. The number of carbonyl (C=O) groups is 3. The Morgan fingerprint density at radius 3 is 2.57 bits per heavy atom. The standard InChI is InChI=1S/C21H20N2O4S/c1-22-19(25)16-5-3-4-6-17(16)23-18(24)11-12-21(22,23)20(26)27-13-14-7-9-15(28-2)10-8-14/h3-10H,11-13H2,1-2H3. The Bertz CT molecular complexity index is 959. The maximum atomic E-state index is 13.2. The van der Waals surface area contributed by atoms with Crippen LogP contribution in [0.15, 0.2) is 53.4 Å². The lowest BCUT2D eigenvalue weighted by atomic mass is 9.97. The van der Waals surface area contributed by atoms with Crippen molar-refractivity contribution in [3.8, 4) is 0 Å². The zero-order chi connectivity index (χ0) is 19.9. The van der Waals surface area contributed by atoms with E-state index in [2.05, 4.69) is 0 Å². The van der Waals surface area contributed by atoms with E-state index >= 15 is 0 Å². The number of amides is 2. The van der Waals surface area contributed by atoms with Crippen molar-refractivity contribution in [2.24, 2.45) is 0 Å². The summed E-state index contributed by atoms with van der Waals surface area (Å²) < 4.78 is 5.59. The molecule has 1 saturated heterocycles. The van der Waals surface area contributed by atoms with Gasteiger partial charge in [-0.2, -0.15) is 0 Å². The van der Waals surface area contributed by atoms with E-state index in [-0.39, 0.29) is 31.3 Å². The van der Waals surface area contributed by atoms with E-state index in [4.69, 9.17) is 4.74 Å². The van der Waals surface area contributed by atoms with Crippen LogP contribution in [0, 0.1) is 0 Å². The third kappa shape index (κ3) is 2.69. The number of para-hydroxylation sites is 1. The monoisotopic (exact) mass is 396 g/mol. The Kier molecular flexibility index (Phi) is 4.63. The molecule has 0 saturated carbocycles. The summed E-state index contributed by atoms with van der Waals surface area (Å²) >= 11 is 1.63. The van der Waals surface area contributed by atoms with E-state index < -0.39 is 11.6 Å². The number of rotatable bonds is 4. The summed E-state index contributed by atoms with van der Waals surface area (Å²) in [6.07, 6.45) is 2.39. The second kappa shape index (κ2) is 6.98. The quantitative estimate of drug-likeness (QED) is 0.587. The Hall–Kier alpha value is -2.80. The van der Waals surface area contributed by atoms with Crippen molar-refractivity contribution in [2.75, 3.05) is 18.2 Å². The first-order valence-corrected chi connectivity index (χ1v) is 10.2. The van der Waals surface area contributed by atoms with Gasteiger partial charge in [0.15, 0.2) is 0 Å². The molecule has 144 valence electrons. The number of likely N-dealkylation sites (N-methyl/N-ethyl adjacent to an activating group) is 1. The third-order valence-electron chi connectivity index (χ3n) is 5.40. The fraction of sp³-hybridized carbons (Fsp3) is 0.286. The molecule has 1 fully saturated rings. The largest absolute Gasteiger partial charge is 0.458 e. The summed E-state index contributed by atoms with van der Waals surface area (Å²) in [5.41, 5.74) is 0.302. The molecule has 0 bridgehead atoms. The zero-order valence-electron chi connectivity index (χ0n) is 15.7. The highest BCUT2D eigenvalue weighted by Crippen LogP contribution is 2.44. The van der Waals surface area contributed by atoms with Gasteiger partial charge in [0.2, 0.25) is 11.6 Å². The predicted octanol–water partition coefficient (Wildman–Crippen LogP) is 3.06. The van der Waals surface area contributed by atoms with Crippen LogP contribution in [0.3, 0.4) is 0 Å². The van der Waals surface area contributed by atoms with Crippen LogP contribution < -0.4 is 4.90 Å². The van der Waals surface area contributed by atoms with Gasteiger partial charge in [0.25, 0.3) is 5.91 Å². The summed E-state index contributed by atoms with van der Waals surface area (Å²) in [6.45, 7) is 0.0843. The van der Waals surface area contributed by atoms with E-state index in [1.807, 2.05) is 30.5 Å². The lowest BCUT2D eigenvalue weighted by Gasteiger charge is -2.46. The number of hydrogen-bond acceptors (Lipinski definition) is 5. The van der Waals surface area contributed by atoms with Crippen molar-refractivity contribution in [1.82, 2.24) is 4.90 Å². The number of esters is 1. The Morgan fingerprint density at radius 2 is 1.86 bits per heavy atom. The van der Waals surface area contributed by atoms with Gasteiger partial charge in [0.05, 0.1) is 11.3 Å². The SMILES string of the molecule is CSc1ccc(COC(=O)C23CCC(=O)N2c2ccccc2C(=O)N3C)cc1. The van der Waals surface area contributed by atoms with Crippen molar-refractivity contribution in [3.63, 3.8) is 0 Å². The average Bonchev–Trinajstić information content (AvgIpc) is 3.09. The molecule has 0 radical (unpaired) electrons. The van der Waals surface area contributed by atoms with Crippen LogP contribution in [0.2, 0.25) is 0 Å².